The third-order valence-electron chi connectivity index (χ3n) is 2.15. The Kier molecular flexibility index (Phi) is 1.88. The molecule has 0 aromatic carbocycles. The van der Waals surface area contributed by atoms with Crippen molar-refractivity contribution in [2.75, 3.05) is 18.8 Å². The van der Waals surface area contributed by atoms with Crippen molar-refractivity contribution < 1.29 is 4.79 Å². The van der Waals surface area contributed by atoms with Crippen LogP contribution < -0.4 is 5.73 Å². The standard InChI is InChI=1S/C9H11N3O/c10-7-2-3-11-8(6-7)9(13)12-4-1-5-12/h2-3,6H,1,4-5H2,(H2,10,11). The second kappa shape index (κ2) is 3.05. The van der Waals surface area contributed by atoms with Crippen molar-refractivity contribution in [3.63, 3.8) is 0 Å². The summed E-state index contributed by atoms with van der Waals surface area (Å²) in [4.78, 5) is 17.3. The molecule has 1 aromatic rings. The summed E-state index contributed by atoms with van der Waals surface area (Å²) < 4.78 is 0. The van der Waals surface area contributed by atoms with Crippen LogP contribution in [0.3, 0.4) is 0 Å². The third kappa shape index (κ3) is 1.47. The van der Waals surface area contributed by atoms with Gasteiger partial charge in [-0.25, -0.2) is 0 Å². The molecule has 68 valence electrons. The number of nitrogens with two attached hydrogens (primary N) is 1. The van der Waals surface area contributed by atoms with E-state index in [-0.39, 0.29) is 5.91 Å². The summed E-state index contributed by atoms with van der Waals surface area (Å²) in [5.74, 6) is -0.0152. The molecule has 13 heavy (non-hydrogen) atoms. The van der Waals surface area contributed by atoms with Crippen molar-refractivity contribution in [3.8, 4) is 0 Å². The molecular weight excluding hydrogens is 166 g/mol. The van der Waals surface area contributed by atoms with Crippen LogP contribution in [0.1, 0.15) is 16.9 Å². The van der Waals surface area contributed by atoms with Gasteiger partial charge in [0, 0.05) is 25.0 Å². The Morgan fingerprint density at radius 2 is 2.31 bits per heavy atom. The highest BCUT2D eigenvalue weighted by molar-refractivity contribution is 5.93. The molecule has 1 saturated heterocycles. The highest BCUT2D eigenvalue weighted by atomic mass is 16.2. The van der Waals surface area contributed by atoms with Crippen LogP contribution >= 0.6 is 0 Å². The number of carbonyl (C=O) groups is 1. The number of likely N-dealkylation sites (tertiary alicyclic amines) is 1. The van der Waals surface area contributed by atoms with E-state index < -0.39 is 0 Å². The lowest BCUT2D eigenvalue weighted by Gasteiger charge is -2.30. The molecule has 1 aromatic heterocycles. The molecule has 0 atom stereocenters. The zero-order valence-corrected chi connectivity index (χ0v) is 7.23. The Balaban J connectivity index is 2.19. The third-order valence-corrected chi connectivity index (χ3v) is 2.15. The number of hydrogen-bond donors (Lipinski definition) is 1. The Morgan fingerprint density at radius 3 is 2.85 bits per heavy atom. The first kappa shape index (κ1) is 8.04. The van der Waals surface area contributed by atoms with E-state index in [4.69, 9.17) is 5.73 Å². The lowest BCUT2D eigenvalue weighted by atomic mass is 10.2. The van der Waals surface area contributed by atoms with Gasteiger partial charge in [0.25, 0.3) is 5.91 Å². The van der Waals surface area contributed by atoms with Crippen molar-refractivity contribution in [2.45, 2.75) is 6.42 Å². The summed E-state index contributed by atoms with van der Waals surface area (Å²) in [6.07, 6.45) is 2.65. The number of anilines is 1. The summed E-state index contributed by atoms with van der Waals surface area (Å²) in [6.45, 7) is 1.69. The van der Waals surface area contributed by atoms with Gasteiger partial charge in [0.05, 0.1) is 0 Å². The quantitative estimate of drug-likeness (QED) is 0.680. The number of nitrogens with zero attached hydrogens (tertiary/aromatic N) is 2. The minimum atomic E-state index is -0.0152. The molecule has 4 nitrogen and oxygen atoms in total. The molecule has 1 fully saturated rings. The minimum Gasteiger partial charge on any atom is -0.399 e. The average Bonchev–Trinajstić information content (AvgIpc) is 2.01. The van der Waals surface area contributed by atoms with Gasteiger partial charge < -0.3 is 10.6 Å². The SMILES string of the molecule is Nc1ccnc(C(=O)N2CCC2)c1. The highest BCUT2D eigenvalue weighted by Gasteiger charge is 2.22. The molecular formula is C9H11N3O. The number of amides is 1. The lowest BCUT2D eigenvalue weighted by Crippen LogP contribution is -2.42. The van der Waals surface area contributed by atoms with Gasteiger partial charge in [-0.15, -0.1) is 0 Å². The van der Waals surface area contributed by atoms with E-state index >= 15 is 0 Å². The monoisotopic (exact) mass is 177 g/mol. The van der Waals surface area contributed by atoms with Gasteiger partial charge in [0.1, 0.15) is 5.69 Å². The smallest absolute Gasteiger partial charge is 0.272 e. The molecule has 1 amide bonds. The molecule has 1 aliphatic heterocycles. The van der Waals surface area contributed by atoms with E-state index in [0.717, 1.165) is 19.5 Å². The molecule has 0 radical (unpaired) electrons. The van der Waals surface area contributed by atoms with Crippen LogP contribution in [0.25, 0.3) is 0 Å². The summed E-state index contributed by atoms with van der Waals surface area (Å²) in [5, 5.41) is 0. The van der Waals surface area contributed by atoms with E-state index in [1.165, 1.54) is 0 Å². The summed E-state index contributed by atoms with van der Waals surface area (Å²) in [5.41, 5.74) is 6.57. The maximum Gasteiger partial charge on any atom is 0.272 e. The normalized spacial score (nSPS) is 15.2. The summed E-state index contributed by atoms with van der Waals surface area (Å²) in [7, 11) is 0. The van der Waals surface area contributed by atoms with Crippen molar-refractivity contribution in [1.82, 2.24) is 9.88 Å². The van der Waals surface area contributed by atoms with Crippen molar-refractivity contribution in [2.24, 2.45) is 0 Å². The van der Waals surface area contributed by atoms with Gasteiger partial charge in [-0.3, -0.25) is 9.78 Å². The first-order valence-corrected chi connectivity index (χ1v) is 4.28. The predicted octanol–water partition coefficient (Wildman–Crippen LogP) is 0.510. The first-order valence-electron chi connectivity index (χ1n) is 4.28. The molecule has 2 N–H and O–H groups in total. The fourth-order valence-electron chi connectivity index (χ4n) is 1.25. The molecule has 0 spiro atoms. The van der Waals surface area contributed by atoms with Crippen LogP contribution in [-0.4, -0.2) is 28.9 Å². The average molecular weight is 177 g/mol. The minimum absolute atomic E-state index is 0.0152. The fourth-order valence-corrected chi connectivity index (χ4v) is 1.25. The van der Waals surface area contributed by atoms with Crippen LogP contribution in [0.2, 0.25) is 0 Å². The predicted molar refractivity (Wildman–Crippen MR) is 49.2 cm³/mol. The highest BCUT2D eigenvalue weighted by Crippen LogP contribution is 2.12. The number of nitrogen functional groups attached to an aromatic ring is 1. The van der Waals surface area contributed by atoms with E-state index in [2.05, 4.69) is 4.98 Å². The molecule has 2 rings (SSSR count). The van der Waals surface area contributed by atoms with Crippen molar-refractivity contribution in [1.29, 1.82) is 0 Å². The number of rotatable bonds is 1. The van der Waals surface area contributed by atoms with Crippen molar-refractivity contribution >= 4 is 11.6 Å². The number of hydrogen-bond acceptors (Lipinski definition) is 3. The van der Waals surface area contributed by atoms with Gasteiger partial charge in [-0.05, 0) is 18.6 Å². The molecule has 0 bridgehead atoms. The van der Waals surface area contributed by atoms with Gasteiger partial charge in [-0.2, -0.15) is 0 Å². The van der Waals surface area contributed by atoms with E-state index in [0.29, 0.717) is 11.4 Å². The van der Waals surface area contributed by atoms with Crippen LogP contribution in [-0.2, 0) is 0 Å². The Bertz CT molecular complexity index is 333. The van der Waals surface area contributed by atoms with Gasteiger partial charge >= 0.3 is 0 Å². The lowest BCUT2D eigenvalue weighted by molar-refractivity contribution is 0.0646. The largest absolute Gasteiger partial charge is 0.399 e. The molecule has 4 heteroatoms. The second-order valence-electron chi connectivity index (χ2n) is 3.12. The molecule has 0 saturated carbocycles. The molecule has 1 aliphatic rings. The zero-order valence-electron chi connectivity index (χ0n) is 7.23. The first-order chi connectivity index (χ1) is 6.27. The van der Waals surface area contributed by atoms with E-state index in [1.807, 2.05) is 0 Å². The number of pyridine rings is 1. The van der Waals surface area contributed by atoms with Crippen LogP contribution in [0.15, 0.2) is 18.3 Å². The zero-order chi connectivity index (χ0) is 9.26. The molecule has 0 aliphatic carbocycles. The molecule has 0 unspecified atom stereocenters. The topological polar surface area (TPSA) is 59.2 Å². The Morgan fingerprint density at radius 1 is 1.54 bits per heavy atom. The maximum atomic E-state index is 11.6. The van der Waals surface area contributed by atoms with Gasteiger partial charge in [-0.1, -0.05) is 0 Å². The van der Waals surface area contributed by atoms with Crippen LogP contribution in [0.5, 0.6) is 0 Å². The molecule has 2 heterocycles. The number of carbonyl (C=O) groups excluding carboxylic acids is 1. The summed E-state index contributed by atoms with van der Waals surface area (Å²) >= 11 is 0. The number of aromatic nitrogens is 1. The van der Waals surface area contributed by atoms with Crippen LogP contribution in [0, 0.1) is 0 Å². The summed E-state index contributed by atoms with van der Waals surface area (Å²) in [6, 6.07) is 3.29. The van der Waals surface area contributed by atoms with Gasteiger partial charge in [0.2, 0.25) is 0 Å². The van der Waals surface area contributed by atoms with Crippen molar-refractivity contribution in [3.05, 3.63) is 24.0 Å². The Labute approximate surface area is 76.4 Å². The van der Waals surface area contributed by atoms with E-state index in [9.17, 15) is 4.79 Å². The van der Waals surface area contributed by atoms with Gasteiger partial charge in [0.15, 0.2) is 0 Å². The van der Waals surface area contributed by atoms with Crippen LogP contribution in [0.4, 0.5) is 5.69 Å². The maximum absolute atomic E-state index is 11.6. The Hall–Kier alpha value is -1.58. The second-order valence-corrected chi connectivity index (χ2v) is 3.12. The van der Waals surface area contributed by atoms with E-state index in [1.54, 1.807) is 23.2 Å². The fraction of sp³-hybridized carbons (Fsp3) is 0.333.